The number of imide groups is 1. The van der Waals surface area contributed by atoms with E-state index in [2.05, 4.69) is 17.6 Å². The highest BCUT2D eigenvalue weighted by atomic mass is 32.1. The van der Waals surface area contributed by atoms with Gasteiger partial charge in [-0.3, -0.25) is 10.1 Å². The van der Waals surface area contributed by atoms with Crippen molar-refractivity contribution in [3.63, 3.8) is 0 Å². The molecule has 0 fully saturated rings. The molecular weight excluding hydrogens is 316 g/mol. The van der Waals surface area contributed by atoms with Crippen molar-refractivity contribution >= 4 is 29.2 Å². The van der Waals surface area contributed by atoms with Gasteiger partial charge in [0.1, 0.15) is 4.88 Å². The van der Waals surface area contributed by atoms with Crippen LogP contribution in [0.5, 0.6) is 0 Å². The van der Waals surface area contributed by atoms with Gasteiger partial charge in [0.25, 0.3) is 5.91 Å². The summed E-state index contributed by atoms with van der Waals surface area (Å²) in [6, 6.07) is 1.19. The number of aryl methyl sites for hydroxylation is 1. The second-order valence-corrected chi connectivity index (χ2v) is 7.30. The van der Waals surface area contributed by atoms with Crippen LogP contribution in [0, 0.1) is 5.92 Å². The molecule has 0 spiro atoms. The molecule has 23 heavy (non-hydrogen) atoms. The van der Waals surface area contributed by atoms with Crippen LogP contribution < -0.4 is 10.6 Å². The van der Waals surface area contributed by atoms with Gasteiger partial charge in [0, 0.05) is 10.9 Å². The lowest BCUT2D eigenvalue weighted by Crippen LogP contribution is -2.44. The minimum Gasteiger partial charge on any atom is -0.451 e. The summed E-state index contributed by atoms with van der Waals surface area (Å²) in [6.45, 7) is 5.29. The van der Waals surface area contributed by atoms with Crippen molar-refractivity contribution in [1.29, 1.82) is 0 Å². The molecule has 3 amide bonds. The van der Waals surface area contributed by atoms with Crippen LogP contribution >= 0.6 is 11.3 Å². The number of fused-ring (bicyclic) bond motifs is 1. The summed E-state index contributed by atoms with van der Waals surface area (Å²) in [5.41, 5.74) is 1.21. The fourth-order valence-corrected chi connectivity index (χ4v) is 3.57. The van der Waals surface area contributed by atoms with Crippen LogP contribution in [0.25, 0.3) is 0 Å². The summed E-state index contributed by atoms with van der Waals surface area (Å²) in [6.07, 6.45) is 3.11. The SMILES string of the molecule is CC1CCc2sc(C(=O)OCC(=O)NC(=O)NC(C)C)cc2C1. The van der Waals surface area contributed by atoms with E-state index < -0.39 is 24.5 Å². The maximum Gasteiger partial charge on any atom is 0.348 e. The predicted molar refractivity (Wildman–Crippen MR) is 87.6 cm³/mol. The predicted octanol–water partition coefficient (Wildman–Crippen LogP) is 2.26. The number of rotatable bonds is 4. The highest BCUT2D eigenvalue weighted by Gasteiger charge is 2.22. The number of nitrogens with one attached hydrogen (secondary N) is 2. The van der Waals surface area contributed by atoms with Gasteiger partial charge < -0.3 is 10.1 Å². The molecule has 0 aromatic carbocycles. The van der Waals surface area contributed by atoms with Crippen LogP contribution in [0.1, 0.15) is 47.3 Å². The molecule has 1 aromatic rings. The van der Waals surface area contributed by atoms with E-state index >= 15 is 0 Å². The summed E-state index contributed by atoms with van der Waals surface area (Å²) in [7, 11) is 0. The molecule has 2 N–H and O–H groups in total. The van der Waals surface area contributed by atoms with Crippen molar-refractivity contribution < 1.29 is 19.1 Å². The molecular formula is C16H22N2O4S. The Kier molecular flexibility index (Phi) is 5.76. The van der Waals surface area contributed by atoms with Gasteiger partial charge in [-0.25, -0.2) is 9.59 Å². The molecule has 0 saturated heterocycles. The maximum atomic E-state index is 12.0. The average Bonchev–Trinajstić information content (AvgIpc) is 2.86. The Balaban J connectivity index is 1.83. The van der Waals surface area contributed by atoms with Crippen molar-refractivity contribution in [3.8, 4) is 0 Å². The van der Waals surface area contributed by atoms with Gasteiger partial charge in [-0.2, -0.15) is 0 Å². The van der Waals surface area contributed by atoms with Gasteiger partial charge in [-0.1, -0.05) is 6.92 Å². The molecule has 0 radical (unpaired) electrons. The first-order chi connectivity index (χ1) is 10.8. The summed E-state index contributed by atoms with van der Waals surface area (Å²) >= 11 is 1.43. The van der Waals surface area contributed by atoms with Gasteiger partial charge in [0.15, 0.2) is 6.61 Å². The number of carbonyl (C=O) groups is 3. The Morgan fingerprint density at radius 2 is 2.13 bits per heavy atom. The molecule has 1 aliphatic rings. The minimum atomic E-state index is -0.647. The smallest absolute Gasteiger partial charge is 0.348 e. The van der Waals surface area contributed by atoms with Gasteiger partial charge in [0.2, 0.25) is 0 Å². The Labute approximate surface area is 139 Å². The third-order valence-electron chi connectivity index (χ3n) is 3.54. The van der Waals surface area contributed by atoms with E-state index in [1.807, 2.05) is 6.07 Å². The van der Waals surface area contributed by atoms with Crippen LogP contribution in [0.15, 0.2) is 6.07 Å². The molecule has 1 atom stereocenters. The quantitative estimate of drug-likeness (QED) is 0.825. The number of amides is 3. The second-order valence-electron chi connectivity index (χ2n) is 6.16. The van der Waals surface area contributed by atoms with Crippen molar-refractivity contribution in [3.05, 3.63) is 21.4 Å². The fourth-order valence-electron chi connectivity index (χ4n) is 2.47. The van der Waals surface area contributed by atoms with Crippen LogP contribution in [0.4, 0.5) is 4.79 Å². The van der Waals surface area contributed by atoms with E-state index in [1.165, 1.54) is 21.8 Å². The Morgan fingerprint density at radius 1 is 1.39 bits per heavy atom. The molecule has 6 nitrogen and oxygen atoms in total. The molecule has 0 aliphatic heterocycles. The normalized spacial score (nSPS) is 16.6. The molecule has 7 heteroatoms. The van der Waals surface area contributed by atoms with Crippen molar-refractivity contribution in [2.24, 2.45) is 5.92 Å². The zero-order valence-corrected chi connectivity index (χ0v) is 14.4. The molecule has 0 saturated carbocycles. The Hall–Kier alpha value is -1.89. The first-order valence-corrected chi connectivity index (χ1v) is 8.56. The Bertz CT molecular complexity index is 609. The topological polar surface area (TPSA) is 84.5 Å². The van der Waals surface area contributed by atoms with E-state index in [9.17, 15) is 14.4 Å². The standard InChI is InChI=1S/C16H22N2O4S/c1-9(2)17-16(21)18-14(19)8-22-15(20)13-7-11-6-10(3)4-5-12(11)23-13/h7,9-10H,4-6,8H2,1-3H3,(H2,17,18,19,21). The average molecular weight is 338 g/mol. The molecule has 0 bridgehead atoms. The van der Waals surface area contributed by atoms with Crippen LogP contribution in [-0.4, -0.2) is 30.6 Å². The molecule has 2 rings (SSSR count). The number of urea groups is 1. The first-order valence-electron chi connectivity index (χ1n) is 7.74. The van der Waals surface area contributed by atoms with Crippen molar-refractivity contribution in [2.75, 3.05) is 6.61 Å². The van der Waals surface area contributed by atoms with E-state index in [4.69, 9.17) is 4.74 Å². The highest BCUT2D eigenvalue weighted by molar-refractivity contribution is 7.14. The maximum absolute atomic E-state index is 12.0. The first kappa shape index (κ1) is 17.5. The second kappa shape index (κ2) is 7.59. The van der Waals surface area contributed by atoms with Gasteiger partial charge in [0.05, 0.1) is 0 Å². The number of hydrogen-bond acceptors (Lipinski definition) is 5. The van der Waals surface area contributed by atoms with E-state index in [-0.39, 0.29) is 6.04 Å². The largest absolute Gasteiger partial charge is 0.451 e. The fraction of sp³-hybridized carbons (Fsp3) is 0.562. The van der Waals surface area contributed by atoms with E-state index in [0.717, 1.165) is 19.3 Å². The molecule has 126 valence electrons. The van der Waals surface area contributed by atoms with Crippen molar-refractivity contribution in [2.45, 2.75) is 46.1 Å². The minimum absolute atomic E-state index is 0.0785. The van der Waals surface area contributed by atoms with Crippen molar-refractivity contribution in [1.82, 2.24) is 10.6 Å². The molecule has 1 heterocycles. The molecule has 1 aliphatic carbocycles. The van der Waals surface area contributed by atoms with E-state index in [0.29, 0.717) is 10.8 Å². The Morgan fingerprint density at radius 3 is 2.83 bits per heavy atom. The number of thiophene rings is 1. The number of carbonyl (C=O) groups excluding carboxylic acids is 3. The lowest BCUT2D eigenvalue weighted by Gasteiger charge is -2.16. The third-order valence-corrected chi connectivity index (χ3v) is 4.75. The summed E-state index contributed by atoms with van der Waals surface area (Å²) in [4.78, 5) is 36.7. The summed E-state index contributed by atoms with van der Waals surface area (Å²) in [5, 5.41) is 4.63. The highest BCUT2D eigenvalue weighted by Crippen LogP contribution is 2.32. The van der Waals surface area contributed by atoms with Gasteiger partial charge in [-0.05, 0) is 50.7 Å². The zero-order chi connectivity index (χ0) is 17.0. The van der Waals surface area contributed by atoms with Crippen LogP contribution in [-0.2, 0) is 22.4 Å². The summed E-state index contributed by atoms with van der Waals surface area (Å²) < 4.78 is 4.98. The molecule has 1 unspecified atom stereocenters. The summed E-state index contributed by atoms with van der Waals surface area (Å²) in [5.74, 6) is -0.533. The monoisotopic (exact) mass is 338 g/mol. The molecule has 1 aromatic heterocycles. The third kappa shape index (κ3) is 5.06. The number of hydrogen-bond donors (Lipinski definition) is 2. The number of esters is 1. The lowest BCUT2D eigenvalue weighted by atomic mass is 9.90. The van der Waals surface area contributed by atoms with Crippen LogP contribution in [0.2, 0.25) is 0 Å². The zero-order valence-electron chi connectivity index (χ0n) is 13.6. The number of ether oxygens (including phenoxy) is 1. The van der Waals surface area contributed by atoms with Crippen LogP contribution in [0.3, 0.4) is 0 Å². The van der Waals surface area contributed by atoms with Gasteiger partial charge in [-0.15, -0.1) is 11.3 Å². The van der Waals surface area contributed by atoms with E-state index in [1.54, 1.807) is 13.8 Å². The van der Waals surface area contributed by atoms with Gasteiger partial charge >= 0.3 is 12.0 Å². The lowest BCUT2D eigenvalue weighted by molar-refractivity contribution is -0.123.